The van der Waals surface area contributed by atoms with Crippen LogP contribution in [0.25, 0.3) is 0 Å². The van der Waals surface area contributed by atoms with Crippen molar-refractivity contribution in [2.45, 2.75) is 39.3 Å². The number of aryl methyl sites for hydroxylation is 1. The molecule has 0 radical (unpaired) electrons. The fraction of sp³-hybridized carbons (Fsp3) is 0.800. The van der Waals surface area contributed by atoms with E-state index in [0.717, 1.165) is 31.6 Å². The van der Waals surface area contributed by atoms with E-state index in [9.17, 15) is 13.2 Å². The fourth-order valence-corrected chi connectivity index (χ4v) is 3.92. The number of amides is 2. The van der Waals surface area contributed by atoms with Gasteiger partial charge in [0.25, 0.3) is 0 Å². The number of nitrogens with one attached hydrogen (secondary N) is 1. The second kappa shape index (κ2) is 8.61. The molecule has 1 aromatic heterocycles. The van der Waals surface area contributed by atoms with Crippen LogP contribution in [-0.4, -0.2) is 71.4 Å². The van der Waals surface area contributed by atoms with Crippen LogP contribution in [0.15, 0.2) is 6.33 Å². The zero-order valence-corrected chi connectivity index (χ0v) is 16.0. The lowest BCUT2D eigenvalue weighted by molar-refractivity contribution is 0.198. The minimum Gasteiger partial charge on any atom is -0.338 e. The highest BCUT2D eigenvalue weighted by atomic mass is 32.2. The molecule has 1 aliphatic heterocycles. The molecule has 0 saturated carbocycles. The molecular formula is C15H28N6O3S. The molecule has 1 fully saturated rings. The van der Waals surface area contributed by atoms with Gasteiger partial charge < -0.3 is 14.8 Å². The second-order valence-corrected chi connectivity index (χ2v) is 8.59. The number of nitrogens with zero attached hydrogens (tertiary/aromatic N) is 5. The summed E-state index contributed by atoms with van der Waals surface area (Å²) in [5.41, 5.74) is 0. The largest absolute Gasteiger partial charge is 0.338 e. The van der Waals surface area contributed by atoms with Crippen molar-refractivity contribution >= 4 is 16.1 Å². The van der Waals surface area contributed by atoms with Crippen molar-refractivity contribution in [1.29, 1.82) is 0 Å². The molecule has 9 nitrogen and oxygen atoms in total. The van der Waals surface area contributed by atoms with Gasteiger partial charge in [0.15, 0.2) is 5.82 Å². The highest BCUT2D eigenvalue weighted by molar-refractivity contribution is 7.88. The molecule has 0 spiro atoms. The van der Waals surface area contributed by atoms with Crippen molar-refractivity contribution in [3.05, 3.63) is 12.2 Å². The first-order chi connectivity index (χ1) is 11.8. The van der Waals surface area contributed by atoms with Gasteiger partial charge >= 0.3 is 6.03 Å². The van der Waals surface area contributed by atoms with Crippen LogP contribution in [0.3, 0.4) is 0 Å². The molecule has 10 heteroatoms. The molecule has 0 aromatic carbocycles. The van der Waals surface area contributed by atoms with E-state index < -0.39 is 10.0 Å². The first-order valence-corrected chi connectivity index (χ1v) is 10.5. The number of sulfonamides is 1. The quantitative estimate of drug-likeness (QED) is 0.751. The van der Waals surface area contributed by atoms with Crippen LogP contribution in [0.4, 0.5) is 4.79 Å². The summed E-state index contributed by atoms with van der Waals surface area (Å²) < 4.78 is 26.7. The Kier molecular flexibility index (Phi) is 6.77. The van der Waals surface area contributed by atoms with Crippen LogP contribution in [-0.2, 0) is 23.1 Å². The maximum absolute atomic E-state index is 12.3. The Labute approximate surface area is 149 Å². The summed E-state index contributed by atoms with van der Waals surface area (Å²) in [6.45, 7) is 4.78. The third-order valence-corrected chi connectivity index (χ3v) is 5.65. The van der Waals surface area contributed by atoms with E-state index in [4.69, 9.17) is 0 Å². The first kappa shape index (κ1) is 19.6. The van der Waals surface area contributed by atoms with Gasteiger partial charge in [-0.1, -0.05) is 6.92 Å². The molecule has 0 bridgehead atoms. The molecule has 0 unspecified atom stereocenters. The third-order valence-electron chi connectivity index (χ3n) is 4.38. The Morgan fingerprint density at radius 2 is 2.24 bits per heavy atom. The van der Waals surface area contributed by atoms with E-state index in [-0.39, 0.29) is 11.9 Å². The lowest BCUT2D eigenvalue weighted by atomic mass is 10.00. The molecule has 2 amide bonds. The summed E-state index contributed by atoms with van der Waals surface area (Å²) in [5.74, 6) is 0.894. The van der Waals surface area contributed by atoms with Gasteiger partial charge in [0.2, 0.25) is 10.0 Å². The summed E-state index contributed by atoms with van der Waals surface area (Å²) >= 11 is 0. The van der Waals surface area contributed by atoms with Gasteiger partial charge in [-0.05, 0) is 25.2 Å². The highest BCUT2D eigenvalue weighted by Gasteiger charge is 2.26. The molecule has 2 rings (SSSR count). The summed E-state index contributed by atoms with van der Waals surface area (Å²) in [6.07, 6.45) is 5.62. The lowest BCUT2D eigenvalue weighted by Crippen LogP contribution is -2.45. The Bertz CT molecular complexity index is 675. The van der Waals surface area contributed by atoms with Crippen LogP contribution in [0.5, 0.6) is 0 Å². The zero-order valence-electron chi connectivity index (χ0n) is 15.2. The maximum atomic E-state index is 12.3. The number of carbonyl (C=O) groups excluding carboxylic acids is 1. The van der Waals surface area contributed by atoms with Crippen molar-refractivity contribution in [1.82, 2.24) is 29.3 Å². The minimum atomic E-state index is -3.17. The number of hydrogen-bond acceptors (Lipinski definition) is 5. The van der Waals surface area contributed by atoms with Gasteiger partial charge in [0, 0.05) is 33.2 Å². The molecule has 0 aliphatic carbocycles. The van der Waals surface area contributed by atoms with Crippen LogP contribution >= 0.6 is 0 Å². The summed E-state index contributed by atoms with van der Waals surface area (Å²) in [6, 6.07) is -0.192. The van der Waals surface area contributed by atoms with Crippen molar-refractivity contribution in [2.24, 2.45) is 5.92 Å². The molecular weight excluding hydrogens is 344 g/mol. The van der Waals surface area contributed by atoms with Gasteiger partial charge in [-0.3, -0.25) is 0 Å². The molecule has 1 aromatic rings. The van der Waals surface area contributed by atoms with Gasteiger partial charge in [-0.15, -0.1) is 10.2 Å². The van der Waals surface area contributed by atoms with E-state index in [0.29, 0.717) is 26.2 Å². The van der Waals surface area contributed by atoms with E-state index in [2.05, 4.69) is 22.4 Å². The Hall–Kier alpha value is -1.68. The Morgan fingerprint density at radius 1 is 1.48 bits per heavy atom. The van der Waals surface area contributed by atoms with E-state index in [1.54, 1.807) is 18.3 Å². The van der Waals surface area contributed by atoms with Crippen molar-refractivity contribution in [3.63, 3.8) is 0 Å². The van der Waals surface area contributed by atoms with E-state index in [1.807, 2.05) is 4.57 Å². The molecule has 1 aliphatic rings. The van der Waals surface area contributed by atoms with Crippen LogP contribution in [0.2, 0.25) is 0 Å². The van der Waals surface area contributed by atoms with Crippen LogP contribution < -0.4 is 5.32 Å². The van der Waals surface area contributed by atoms with Crippen molar-refractivity contribution in [3.8, 4) is 0 Å². The first-order valence-electron chi connectivity index (χ1n) is 8.62. The number of urea groups is 1. The van der Waals surface area contributed by atoms with E-state index >= 15 is 0 Å². The lowest BCUT2D eigenvalue weighted by Gasteiger charge is -2.31. The molecule has 1 saturated heterocycles. The van der Waals surface area contributed by atoms with Crippen LogP contribution in [0, 0.1) is 5.92 Å². The summed E-state index contributed by atoms with van der Waals surface area (Å²) in [5, 5.41) is 10.9. The average molecular weight is 372 g/mol. The third kappa shape index (κ3) is 5.67. The molecule has 25 heavy (non-hydrogen) atoms. The Morgan fingerprint density at radius 3 is 2.92 bits per heavy atom. The standard InChI is InChI=1S/C15H28N6O3S/c1-4-7-20-12-17-18-14(20)11-19(2)15(22)16-9-13-6-5-8-21(10-13)25(3,23)24/h12-13H,4-11H2,1-3H3,(H,16,22)/t13-/m1/s1. The average Bonchev–Trinajstić information content (AvgIpc) is 2.99. The highest BCUT2D eigenvalue weighted by Crippen LogP contribution is 2.18. The SMILES string of the molecule is CCCn1cnnc1CN(C)C(=O)NC[C@H]1CCCN(S(C)(=O)=O)C1. The zero-order chi connectivity index (χ0) is 18.4. The van der Waals surface area contributed by atoms with Gasteiger partial charge in [-0.2, -0.15) is 0 Å². The van der Waals surface area contributed by atoms with Gasteiger partial charge in [0.1, 0.15) is 6.33 Å². The van der Waals surface area contributed by atoms with Gasteiger partial charge in [0.05, 0.1) is 12.8 Å². The van der Waals surface area contributed by atoms with E-state index in [1.165, 1.54) is 10.6 Å². The maximum Gasteiger partial charge on any atom is 0.317 e. The topological polar surface area (TPSA) is 100 Å². The number of aromatic nitrogens is 3. The number of hydrogen-bond donors (Lipinski definition) is 1. The monoisotopic (exact) mass is 372 g/mol. The molecule has 1 N–H and O–H groups in total. The molecule has 142 valence electrons. The predicted molar refractivity (Wildman–Crippen MR) is 94.3 cm³/mol. The second-order valence-electron chi connectivity index (χ2n) is 6.61. The van der Waals surface area contributed by atoms with Gasteiger partial charge in [-0.25, -0.2) is 17.5 Å². The van der Waals surface area contributed by atoms with Crippen molar-refractivity contribution in [2.75, 3.05) is 32.9 Å². The molecule has 1 atom stereocenters. The number of rotatable bonds is 7. The normalized spacial score (nSPS) is 18.9. The predicted octanol–water partition coefficient (Wildman–Crippen LogP) is 0.501. The number of piperidine rings is 1. The molecule has 2 heterocycles. The fourth-order valence-electron chi connectivity index (χ4n) is 2.97. The Balaban J connectivity index is 1.82. The minimum absolute atomic E-state index is 0.143. The van der Waals surface area contributed by atoms with Crippen molar-refractivity contribution < 1.29 is 13.2 Å². The van der Waals surface area contributed by atoms with Crippen LogP contribution in [0.1, 0.15) is 32.0 Å². The summed E-state index contributed by atoms with van der Waals surface area (Å²) in [7, 11) is -1.45. The smallest absolute Gasteiger partial charge is 0.317 e. The summed E-state index contributed by atoms with van der Waals surface area (Å²) in [4.78, 5) is 13.8. The number of carbonyl (C=O) groups is 1.